The lowest BCUT2D eigenvalue weighted by molar-refractivity contribution is 0.0982. The Balaban J connectivity index is 1.54. The second-order valence-corrected chi connectivity index (χ2v) is 5.40. The van der Waals surface area contributed by atoms with Gasteiger partial charge in [0, 0.05) is 25.1 Å². The fraction of sp³-hybridized carbons (Fsp3) is 0.150. The van der Waals surface area contributed by atoms with Crippen molar-refractivity contribution in [3.8, 4) is 0 Å². The second-order valence-electron chi connectivity index (χ2n) is 5.40. The highest BCUT2D eigenvalue weighted by atomic mass is 16.1. The summed E-state index contributed by atoms with van der Waals surface area (Å²) in [7, 11) is 0. The molecule has 0 aromatic heterocycles. The molecule has 3 aromatic rings. The standard InChI is InChI=1S/C20H19NO/c22-20(12-13-21-15-16-6-2-1-3-7-16)19-11-10-17-8-4-5-9-18(17)14-19/h1-11,14,21H,12-13,15H2. The summed E-state index contributed by atoms with van der Waals surface area (Å²) in [5.41, 5.74) is 2.03. The van der Waals surface area contributed by atoms with Gasteiger partial charge >= 0.3 is 0 Å². The normalized spacial score (nSPS) is 10.7. The third kappa shape index (κ3) is 3.60. The van der Waals surface area contributed by atoms with Crippen LogP contribution < -0.4 is 5.32 Å². The molecule has 0 unspecified atom stereocenters. The van der Waals surface area contributed by atoms with Gasteiger partial charge in [-0.25, -0.2) is 0 Å². The third-order valence-corrected chi connectivity index (χ3v) is 3.77. The van der Waals surface area contributed by atoms with Crippen molar-refractivity contribution in [2.45, 2.75) is 13.0 Å². The minimum Gasteiger partial charge on any atom is -0.312 e. The number of fused-ring (bicyclic) bond motifs is 1. The van der Waals surface area contributed by atoms with Crippen molar-refractivity contribution in [2.75, 3.05) is 6.54 Å². The van der Waals surface area contributed by atoms with Crippen LogP contribution in [0.3, 0.4) is 0 Å². The molecule has 0 aliphatic rings. The Bertz CT molecular complexity index is 765. The Morgan fingerprint density at radius 1 is 0.818 bits per heavy atom. The van der Waals surface area contributed by atoms with Crippen LogP contribution in [0, 0.1) is 0 Å². The zero-order valence-corrected chi connectivity index (χ0v) is 12.5. The summed E-state index contributed by atoms with van der Waals surface area (Å²) in [5, 5.41) is 5.60. The minimum atomic E-state index is 0.186. The van der Waals surface area contributed by atoms with E-state index in [1.165, 1.54) is 10.9 Å². The first-order valence-electron chi connectivity index (χ1n) is 7.59. The van der Waals surface area contributed by atoms with Gasteiger partial charge < -0.3 is 5.32 Å². The molecule has 2 nitrogen and oxygen atoms in total. The lowest BCUT2D eigenvalue weighted by Gasteiger charge is -2.06. The first-order chi connectivity index (χ1) is 10.8. The van der Waals surface area contributed by atoms with E-state index in [0.29, 0.717) is 13.0 Å². The number of benzene rings is 3. The Morgan fingerprint density at radius 3 is 2.36 bits per heavy atom. The van der Waals surface area contributed by atoms with Gasteiger partial charge in [-0.1, -0.05) is 66.7 Å². The van der Waals surface area contributed by atoms with Crippen molar-refractivity contribution < 1.29 is 4.79 Å². The zero-order chi connectivity index (χ0) is 15.2. The van der Waals surface area contributed by atoms with Gasteiger partial charge in [0.2, 0.25) is 0 Å². The Labute approximate surface area is 130 Å². The number of hydrogen-bond acceptors (Lipinski definition) is 2. The predicted octanol–water partition coefficient (Wildman–Crippen LogP) is 4.20. The quantitative estimate of drug-likeness (QED) is 0.544. The smallest absolute Gasteiger partial charge is 0.164 e. The first-order valence-corrected chi connectivity index (χ1v) is 7.59. The van der Waals surface area contributed by atoms with Gasteiger partial charge in [-0.3, -0.25) is 4.79 Å². The van der Waals surface area contributed by atoms with Crippen molar-refractivity contribution in [2.24, 2.45) is 0 Å². The van der Waals surface area contributed by atoms with E-state index in [4.69, 9.17) is 0 Å². The number of rotatable bonds is 6. The summed E-state index contributed by atoms with van der Waals surface area (Å²) in [6.07, 6.45) is 0.519. The molecule has 0 radical (unpaired) electrons. The number of carbonyl (C=O) groups is 1. The number of ketones is 1. The molecule has 2 heteroatoms. The van der Waals surface area contributed by atoms with E-state index in [2.05, 4.69) is 23.5 Å². The number of carbonyl (C=O) groups excluding carboxylic acids is 1. The van der Waals surface area contributed by atoms with Gasteiger partial charge in [-0.2, -0.15) is 0 Å². The van der Waals surface area contributed by atoms with Crippen molar-refractivity contribution in [3.63, 3.8) is 0 Å². The fourth-order valence-electron chi connectivity index (χ4n) is 2.54. The lowest BCUT2D eigenvalue weighted by Crippen LogP contribution is -2.17. The van der Waals surface area contributed by atoms with E-state index in [9.17, 15) is 4.79 Å². The molecule has 0 saturated heterocycles. The molecule has 0 saturated carbocycles. The summed E-state index contributed by atoms with van der Waals surface area (Å²) < 4.78 is 0. The van der Waals surface area contributed by atoms with Crippen LogP contribution in [-0.2, 0) is 6.54 Å². The molecule has 1 N–H and O–H groups in total. The average molecular weight is 289 g/mol. The molecular formula is C20H19NO. The molecule has 110 valence electrons. The van der Waals surface area contributed by atoms with Crippen molar-refractivity contribution >= 4 is 16.6 Å². The molecule has 0 aliphatic heterocycles. The van der Waals surface area contributed by atoms with E-state index in [1.54, 1.807) is 0 Å². The van der Waals surface area contributed by atoms with Gasteiger partial charge in [0.1, 0.15) is 0 Å². The Kier molecular flexibility index (Phi) is 4.62. The van der Waals surface area contributed by atoms with Crippen LogP contribution in [0.25, 0.3) is 10.8 Å². The van der Waals surface area contributed by atoms with E-state index < -0.39 is 0 Å². The van der Waals surface area contributed by atoms with Crippen LogP contribution in [0.15, 0.2) is 72.8 Å². The monoisotopic (exact) mass is 289 g/mol. The van der Waals surface area contributed by atoms with Crippen LogP contribution in [0.4, 0.5) is 0 Å². The summed E-state index contributed by atoms with van der Waals surface area (Å²) in [6, 6.07) is 24.2. The number of hydrogen-bond donors (Lipinski definition) is 1. The molecule has 0 heterocycles. The molecule has 0 spiro atoms. The molecule has 0 fully saturated rings. The number of Topliss-reactive ketones (excluding diaryl/α,β-unsaturated/α-hetero) is 1. The molecule has 0 atom stereocenters. The largest absolute Gasteiger partial charge is 0.312 e. The molecule has 0 bridgehead atoms. The summed E-state index contributed by atoms with van der Waals surface area (Å²) >= 11 is 0. The van der Waals surface area contributed by atoms with Gasteiger partial charge in [-0.15, -0.1) is 0 Å². The highest BCUT2D eigenvalue weighted by Crippen LogP contribution is 2.16. The minimum absolute atomic E-state index is 0.186. The molecule has 22 heavy (non-hydrogen) atoms. The summed E-state index contributed by atoms with van der Waals surface area (Å²) in [6.45, 7) is 1.49. The summed E-state index contributed by atoms with van der Waals surface area (Å²) in [4.78, 5) is 12.3. The maximum absolute atomic E-state index is 12.3. The number of nitrogens with one attached hydrogen (secondary N) is 1. The maximum atomic E-state index is 12.3. The highest BCUT2D eigenvalue weighted by molar-refractivity contribution is 6.00. The third-order valence-electron chi connectivity index (χ3n) is 3.77. The molecule has 0 aliphatic carbocycles. The predicted molar refractivity (Wildman–Crippen MR) is 91.0 cm³/mol. The SMILES string of the molecule is O=C(CCNCc1ccccc1)c1ccc2ccccc2c1. The van der Waals surface area contributed by atoms with Crippen LogP contribution in [0.5, 0.6) is 0 Å². The second kappa shape index (κ2) is 7.01. The molecular weight excluding hydrogens is 270 g/mol. The molecule has 0 amide bonds. The Morgan fingerprint density at radius 2 is 1.55 bits per heavy atom. The summed E-state index contributed by atoms with van der Waals surface area (Å²) in [5.74, 6) is 0.186. The van der Waals surface area contributed by atoms with Gasteiger partial charge in [0.25, 0.3) is 0 Å². The maximum Gasteiger partial charge on any atom is 0.164 e. The zero-order valence-electron chi connectivity index (χ0n) is 12.5. The van der Waals surface area contributed by atoms with Crippen LogP contribution >= 0.6 is 0 Å². The van der Waals surface area contributed by atoms with Crippen molar-refractivity contribution in [1.82, 2.24) is 5.32 Å². The topological polar surface area (TPSA) is 29.1 Å². The van der Waals surface area contributed by atoms with E-state index in [-0.39, 0.29) is 5.78 Å². The van der Waals surface area contributed by atoms with E-state index in [1.807, 2.05) is 54.6 Å². The first kappa shape index (κ1) is 14.5. The van der Waals surface area contributed by atoms with Crippen molar-refractivity contribution in [3.05, 3.63) is 83.9 Å². The van der Waals surface area contributed by atoms with Crippen molar-refractivity contribution in [1.29, 1.82) is 0 Å². The lowest BCUT2D eigenvalue weighted by atomic mass is 10.0. The van der Waals surface area contributed by atoms with Crippen LogP contribution in [0.2, 0.25) is 0 Å². The van der Waals surface area contributed by atoms with Gasteiger partial charge in [0.05, 0.1) is 0 Å². The van der Waals surface area contributed by atoms with Crippen LogP contribution in [0.1, 0.15) is 22.3 Å². The van der Waals surface area contributed by atoms with E-state index >= 15 is 0 Å². The van der Waals surface area contributed by atoms with Gasteiger partial charge in [-0.05, 0) is 22.4 Å². The fourth-order valence-corrected chi connectivity index (χ4v) is 2.54. The molecule has 3 rings (SSSR count). The van der Waals surface area contributed by atoms with Gasteiger partial charge in [0.15, 0.2) is 5.78 Å². The van der Waals surface area contributed by atoms with Crippen LogP contribution in [-0.4, -0.2) is 12.3 Å². The average Bonchev–Trinajstić information content (AvgIpc) is 2.59. The Hall–Kier alpha value is -2.45. The molecule has 3 aromatic carbocycles. The highest BCUT2D eigenvalue weighted by Gasteiger charge is 2.06. The van der Waals surface area contributed by atoms with E-state index in [0.717, 1.165) is 17.5 Å².